The van der Waals surface area contributed by atoms with Gasteiger partial charge >= 0.3 is 11.9 Å². The fraction of sp³-hybridized carbons (Fsp3) is 0.167. The molecule has 90 valence electrons. The minimum Gasteiger partial charge on any atom is -0.492 e. The fourth-order valence-corrected chi connectivity index (χ4v) is 1.31. The first-order valence-electron chi connectivity index (χ1n) is 4.75. The number of esters is 1. The lowest BCUT2D eigenvalue weighted by Gasteiger charge is -2.12. The maximum atomic E-state index is 10.9. The van der Waals surface area contributed by atoms with E-state index in [0.29, 0.717) is 0 Å². The van der Waals surface area contributed by atoms with Gasteiger partial charge < -0.3 is 14.6 Å². The van der Waals surface area contributed by atoms with Crippen LogP contribution in [0.2, 0.25) is 0 Å². The van der Waals surface area contributed by atoms with Crippen LogP contribution in [-0.2, 0) is 9.59 Å². The smallest absolute Gasteiger partial charge is 0.335 e. The number of ether oxygens (including phenoxy) is 2. The van der Waals surface area contributed by atoms with Gasteiger partial charge in [0.05, 0.1) is 12.7 Å². The van der Waals surface area contributed by atoms with E-state index in [1.165, 1.54) is 26.2 Å². The van der Waals surface area contributed by atoms with Gasteiger partial charge in [0, 0.05) is 12.5 Å². The van der Waals surface area contributed by atoms with Crippen molar-refractivity contribution in [2.24, 2.45) is 0 Å². The highest BCUT2D eigenvalue weighted by Gasteiger charge is 2.17. The number of carboxylic acids is 1. The summed E-state index contributed by atoms with van der Waals surface area (Å²) >= 11 is 0. The summed E-state index contributed by atoms with van der Waals surface area (Å²) in [7, 11) is 1.36. The molecule has 0 fully saturated rings. The SMILES string of the molecule is C=C(C(=O)O)c1cccc(OC(C)=O)c1OC. The zero-order chi connectivity index (χ0) is 13.0. The van der Waals surface area contributed by atoms with Crippen molar-refractivity contribution in [1.82, 2.24) is 0 Å². The van der Waals surface area contributed by atoms with Gasteiger partial charge in [-0.2, -0.15) is 0 Å². The van der Waals surface area contributed by atoms with Gasteiger partial charge in [-0.05, 0) is 6.07 Å². The van der Waals surface area contributed by atoms with Crippen molar-refractivity contribution in [3.63, 3.8) is 0 Å². The molecule has 0 atom stereocenters. The third kappa shape index (κ3) is 2.84. The van der Waals surface area contributed by atoms with Crippen molar-refractivity contribution in [3.8, 4) is 11.5 Å². The van der Waals surface area contributed by atoms with Crippen LogP contribution in [0.5, 0.6) is 11.5 Å². The first kappa shape index (κ1) is 12.8. The maximum Gasteiger partial charge on any atom is 0.335 e. The van der Waals surface area contributed by atoms with E-state index in [-0.39, 0.29) is 22.6 Å². The molecule has 0 spiro atoms. The largest absolute Gasteiger partial charge is 0.492 e. The molecule has 0 saturated carbocycles. The quantitative estimate of drug-likeness (QED) is 0.489. The zero-order valence-corrected chi connectivity index (χ0v) is 9.52. The predicted octanol–water partition coefficient (Wildman–Crippen LogP) is 1.72. The molecule has 0 unspecified atom stereocenters. The Morgan fingerprint density at radius 1 is 1.35 bits per heavy atom. The van der Waals surface area contributed by atoms with Gasteiger partial charge in [-0.3, -0.25) is 4.79 Å². The molecule has 0 aliphatic rings. The average molecular weight is 236 g/mol. The average Bonchev–Trinajstić information content (AvgIpc) is 2.26. The Hall–Kier alpha value is -2.30. The van der Waals surface area contributed by atoms with Crippen molar-refractivity contribution in [1.29, 1.82) is 0 Å². The van der Waals surface area contributed by atoms with Gasteiger partial charge in [0.1, 0.15) is 0 Å². The first-order chi connectivity index (χ1) is 7.97. The van der Waals surface area contributed by atoms with Crippen molar-refractivity contribution in [2.75, 3.05) is 7.11 Å². The van der Waals surface area contributed by atoms with Crippen LogP contribution in [0.1, 0.15) is 12.5 Å². The van der Waals surface area contributed by atoms with E-state index < -0.39 is 11.9 Å². The van der Waals surface area contributed by atoms with Crippen LogP contribution in [0.3, 0.4) is 0 Å². The van der Waals surface area contributed by atoms with Crippen molar-refractivity contribution < 1.29 is 24.2 Å². The number of para-hydroxylation sites is 1. The van der Waals surface area contributed by atoms with Crippen molar-refractivity contribution in [2.45, 2.75) is 6.92 Å². The monoisotopic (exact) mass is 236 g/mol. The number of benzene rings is 1. The van der Waals surface area contributed by atoms with E-state index >= 15 is 0 Å². The molecule has 5 nitrogen and oxygen atoms in total. The van der Waals surface area contributed by atoms with E-state index in [9.17, 15) is 9.59 Å². The summed E-state index contributed by atoms with van der Waals surface area (Å²) in [4.78, 5) is 21.7. The lowest BCUT2D eigenvalue weighted by Crippen LogP contribution is -2.06. The molecule has 1 N–H and O–H groups in total. The van der Waals surface area contributed by atoms with Gasteiger partial charge in [-0.15, -0.1) is 0 Å². The molecule has 1 rings (SSSR count). The van der Waals surface area contributed by atoms with E-state index in [2.05, 4.69) is 6.58 Å². The van der Waals surface area contributed by atoms with Crippen LogP contribution in [0.15, 0.2) is 24.8 Å². The Bertz CT molecular complexity index is 476. The predicted molar refractivity (Wildman–Crippen MR) is 61.0 cm³/mol. The van der Waals surface area contributed by atoms with Crippen molar-refractivity contribution >= 4 is 17.5 Å². The van der Waals surface area contributed by atoms with Gasteiger partial charge in [0.2, 0.25) is 0 Å². The van der Waals surface area contributed by atoms with E-state index in [0.717, 1.165) is 0 Å². The summed E-state index contributed by atoms with van der Waals surface area (Å²) in [6.07, 6.45) is 0. The van der Waals surface area contributed by atoms with E-state index in [1.807, 2.05) is 0 Å². The lowest BCUT2D eigenvalue weighted by atomic mass is 10.1. The second-order valence-corrected chi connectivity index (χ2v) is 3.21. The van der Waals surface area contributed by atoms with Crippen LogP contribution < -0.4 is 9.47 Å². The molecule has 0 aliphatic carbocycles. The van der Waals surface area contributed by atoms with E-state index in [1.54, 1.807) is 6.07 Å². The number of methoxy groups -OCH3 is 1. The number of carbonyl (C=O) groups excluding carboxylic acids is 1. The molecule has 0 radical (unpaired) electrons. The molecule has 1 aromatic carbocycles. The number of rotatable bonds is 4. The summed E-state index contributed by atoms with van der Waals surface area (Å²) in [5, 5.41) is 8.87. The molecule has 17 heavy (non-hydrogen) atoms. The number of carboxylic acid groups (broad SMARTS) is 1. The summed E-state index contributed by atoms with van der Waals surface area (Å²) in [6, 6.07) is 4.60. The molecular formula is C12H12O5. The maximum absolute atomic E-state index is 10.9. The Morgan fingerprint density at radius 3 is 2.47 bits per heavy atom. The standard InChI is InChI=1S/C12H12O5/c1-7(12(14)15)9-5-4-6-10(11(9)16-3)17-8(2)13/h4-6H,1H2,2-3H3,(H,14,15). The Balaban J connectivity index is 3.27. The molecule has 0 saturated heterocycles. The van der Waals surface area contributed by atoms with Gasteiger partial charge in [0.25, 0.3) is 0 Å². The fourth-order valence-electron chi connectivity index (χ4n) is 1.31. The highest BCUT2D eigenvalue weighted by Crippen LogP contribution is 2.34. The van der Waals surface area contributed by atoms with Crippen molar-refractivity contribution in [3.05, 3.63) is 30.3 Å². The molecule has 0 heterocycles. The Morgan fingerprint density at radius 2 is 2.00 bits per heavy atom. The van der Waals surface area contributed by atoms with Gasteiger partial charge in [0.15, 0.2) is 11.5 Å². The van der Waals surface area contributed by atoms with Crippen LogP contribution in [-0.4, -0.2) is 24.2 Å². The molecule has 5 heteroatoms. The summed E-state index contributed by atoms with van der Waals surface area (Å²) in [6.45, 7) is 4.68. The lowest BCUT2D eigenvalue weighted by molar-refractivity contribution is -0.132. The topological polar surface area (TPSA) is 72.8 Å². The minimum atomic E-state index is -1.16. The summed E-state index contributed by atoms with van der Waals surface area (Å²) in [5.41, 5.74) is 0.148. The third-order valence-corrected chi connectivity index (χ3v) is 2.02. The van der Waals surface area contributed by atoms with Crippen LogP contribution >= 0.6 is 0 Å². The Kier molecular flexibility index (Phi) is 3.87. The molecule has 1 aromatic rings. The molecular weight excluding hydrogens is 224 g/mol. The number of carbonyl (C=O) groups is 2. The highest BCUT2D eigenvalue weighted by molar-refractivity contribution is 6.15. The zero-order valence-electron chi connectivity index (χ0n) is 9.52. The number of aliphatic carboxylic acids is 1. The second-order valence-electron chi connectivity index (χ2n) is 3.21. The molecule has 0 aliphatic heterocycles. The second kappa shape index (κ2) is 5.16. The molecule has 0 amide bonds. The third-order valence-electron chi connectivity index (χ3n) is 2.02. The minimum absolute atomic E-state index is 0.129. The summed E-state index contributed by atoms with van der Waals surface area (Å²) < 4.78 is 9.96. The molecule has 0 bridgehead atoms. The van der Waals surface area contributed by atoms with Gasteiger partial charge in [-0.25, -0.2) is 4.79 Å². The van der Waals surface area contributed by atoms with Crippen LogP contribution in [0.4, 0.5) is 0 Å². The highest BCUT2D eigenvalue weighted by atomic mass is 16.6. The molecule has 0 aromatic heterocycles. The first-order valence-corrected chi connectivity index (χ1v) is 4.75. The number of hydrogen-bond acceptors (Lipinski definition) is 4. The Labute approximate surface area is 98.3 Å². The van der Waals surface area contributed by atoms with Crippen LogP contribution in [0.25, 0.3) is 5.57 Å². The summed E-state index contributed by atoms with van der Waals surface area (Å²) in [5.74, 6) is -1.33. The number of hydrogen-bond donors (Lipinski definition) is 1. The normalized spacial score (nSPS) is 9.53. The van der Waals surface area contributed by atoms with Crippen LogP contribution in [0, 0.1) is 0 Å². The van der Waals surface area contributed by atoms with Gasteiger partial charge in [-0.1, -0.05) is 18.7 Å². The van der Waals surface area contributed by atoms with E-state index in [4.69, 9.17) is 14.6 Å².